The number of carbonyl (C=O) groups excluding carboxylic acids is 1. The number of aliphatic hydroxyl groups excluding tert-OH is 1. The summed E-state index contributed by atoms with van der Waals surface area (Å²) in [5.74, 6) is 0.283. The fourth-order valence-corrected chi connectivity index (χ4v) is 2.90. The average molecular weight is 301 g/mol. The van der Waals surface area contributed by atoms with E-state index in [2.05, 4.69) is 23.5 Å². The Morgan fingerprint density at radius 1 is 1.19 bits per heavy atom. The van der Waals surface area contributed by atoms with Gasteiger partial charge in [-0.15, -0.1) is 11.8 Å². The van der Waals surface area contributed by atoms with E-state index in [1.54, 1.807) is 12.1 Å². The third-order valence-corrected chi connectivity index (χ3v) is 4.32. The molecule has 0 saturated heterocycles. The first kappa shape index (κ1) is 15.6. The largest absolute Gasteiger partial charge is 0.392 e. The molecule has 0 saturated carbocycles. The van der Waals surface area contributed by atoms with Crippen molar-refractivity contribution in [1.29, 1.82) is 0 Å². The van der Waals surface area contributed by atoms with E-state index in [0.29, 0.717) is 11.4 Å². The zero-order valence-electron chi connectivity index (χ0n) is 12.2. The van der Waals surface area contributed by atoms with Crippen molar-refractivity contribution >= 4 is 23.4 Å². The Hall–Kier alpha value is -1.78. The predicted octanol–water partition coefficient (Wildman–Crippen LogP) is 3.53. The molecule has 0 aliphatic carbocycles. The van der Waals surface area contributed by atoms with Crippen LogP contribution in [-0.2, 0) is 11.4 Å². The molecule has 1 amide bonds. The molecule has 0 atom stereocenters. The number of amides is 1. The summed E-state index contributed by atoms with van der Waals surface area (Å²) in [7, 11) is 0. The van der Waals surface area contributed by atoms with Gasteiger partial charge in [0.1, 0.15) is 0 Å². The molecule has 110 valence electrons. The number of para-hydroxylation sites is 1. The lowest BCUT2D eigenvalue weighted by molar-refractivity contribution is -0.113. The first-order valence-electron chi connectivity index (χ1n) is 6.79. The molecule has 0 fully saturated rings. The van der Waals surface area contributed by atoms with Crippen LogP contribution in [0.2, 0.25) is 0 Å². The number of rotatable bonds is 5. The van der Waals surface area contributed by atoms with Gasteiger partial charge in [0.05, 0.1) is 12.4 Å². The van der Waals surface area contributed by atoms with Crippen LogP contribution < -0.4 is 5.32 Å². The van der Waals surface area contributed by atoms with Crippen molar-refractivity contribution < 1.29 is 9.90 Å². The molecule has 0 aliphatic rings. The minimum Gasteiger partial charge on any atom is -0.392 e. The Balaban J connectivity index is 1.97. The maximum absolute atomic E-state index is 12.0. The van der Waals surface area contributed by atoms with Crippen LogP contribution in [0.5, 0.6) is 0 Å². The van der Waals surface area contributed by atoms with Crippen LogP contribution in [-0.4, -0.2) is 16.8 Å². The van der Waals surface area contributed by atoms with Crippen molar-refractivity contribution in [3.8, 4) is 0 Å². The summed E-state index contributed by atoms with van der Waals surface area (Å²) in [4.78, 5) is 13.2. The maximum Gasteiger partial charge on any atom is 0.234 e. The van der Waals surface area contributed by atoms with Crippen molar-refractivity contribution in [2.75, 3.05) is 11.1 Å². The van der Waals surface area contributed by atoms with Gasteiger partial charge in [0.2, 0.25) is 5.91 Å². The fraction of sp³-hybridized carbons (Fsp3) is 0.235. The molecular weight excluding hydrogens is 282 g/mol. The number of aryl methyl sites for hydroxylation is 2. The molecule has 2 rings (SSSR count). The van der Waals surface area contributed by atoms with Crippen molar-refractivity contribution in [2.45, 2.75) is 25.3 Å². The van der Waals surface area contributed by atoms with Crippen LogP contribution >= 0.6 is 11.8 Å². The maximum atomic E-state index is 12.0. The van der Waals surface area contributed by atoms with Crippen molar-refractivity contribution in [3.63, 3.8) is 0 Å². The molecule has 0 unspecified atom stereocenters. The lowest BCUT2D eigenvalue weighted by Gasteiger charge is -2.10. The molecule has 0 aromatic heterocycles. The van der Waals surface area contributed by atoms with Gasteiger partial charge in [-0.1, -0.05) is 35.9 Å². The Labute approximate surface area is 129 Å². The molecule has 2 aromatic carbocycles. The minimum absolute atomic E-state index is 0.0678. The molecule has 2 N–H and O–H groups in total. The van der Waals surface area contributed by atoms with Gasteiger partial charge in [-0.05, 0) is 31.5 Å². The second-order valence-corrected chi connectivity index (χ2v) is 5.94. The first-order chi connectivity index (χ1) is 10.1. The molecule has 2 aromatic rings. The monoisotopic (exact) mass is 301 g/mol. The molecule has 0 bridgehead atoms. The SMILES string of the molecule is Cc1ccc(C)c(SCC(=O)Nc2ccccc2CO)c1. The molecule has 0 radical (unpaired) electrons. The summed E-state index contributed by atoms with van der Waals surface area (Å²) in [6, 6.07) is 13.5. The van der Waals surface area contributed by atoms with E-state index < -0.39 is 0 Å². The Bertz CT molecular complexity index is 640. The predicted molar refractivity (Wildman–Crippen MR) is 87.6 cm³/mol. The minimum atomic E-state index is -0.0828. The quantitative estimate of drug-likeness (QED) is 0.831. The second-order valence-electron chi connectivity index (χ2n) is 4.92. The van der Waals surface area contributed by atoms with Crippen LogP contribution in [0.3, 0.4) is 0 Å². The van der Waals surface area contributed by atoms with Crippen LogP contribution in [0.4, 0.5) is 5.69 Å². The van der Waals surface area contributed by atoms with Gasteiger partial charge >= 0.3 is 0 Å². The second kappa shape index (κ2) is 7.29. The van der Waals surface area contributed by atoms with Crippen LogP contribution in [0.25, 0.3) is 0 Å². The number of hydrogen-bond donors (Lipinski definition) is 2. The van der Waals surface area contributed by atoms with Gasteiger partial charge in [0.25, 0.3) is 0 Å². The van der Waals surface area contributed by atoms with Gasteiger partial charge in [-0.3, -0.25) is 4.79 Å². The van der Waals surface area contributed by atoms with E-state index >= 15 is 0 Å². The van der Waals surface area contributed by atoms with Gasteiger partial charge < -0.3 is 10.4 Å². The number of anilines is 1. The van der Waals surface area contributed by atoms with E-state index in [-0.39, 0.29) is 12.5 Å². The summed E-state index contributed by atoms with van der Waals surface area (Å²) in [6.07, 6.45) is 0. The van der Waals surface area contributed by atoms with E-state index in [9.17, 15) is 9.90 Å². The summed E-state index contributed by atoms with van der Waals surface area (Å²) >= 11 is 1.53. The van der Waals surface area contributed by atoms with Crippen molar-refractivity contribution in [1.82, 2.24) is 0 Å². The highest BCUT2D eigenvalue weighted by molar-refractivity contribution is 8.00. The zero-order chi connectivity index (χ0) is 15.2. The zero-order valence-corrected chi connectivity index (χ0v) is 13.0. The summed E-state index contributed by atoms with van der Waals surface area (Å²) in [5, 5.41) is 12.1. The molecule has 0 heterocycles. The van der Waals surface area contributed by atoms with Crippen LogP contribution in [0.15, 0.2) is 47.4 Å². The van der Waals surface area contributed by atoms with E-state index in [4.69, 9.17) is 0 Å². The first-order valence-corrected chi connectivity index (χ1v) is 7.77. The molecule has 4 heteroatoms. The highest BCUT2D eigenvalue weighted by Crippen LogP contribution is 2.24. The van der Waals surface area contributed by atoms with Crippen LogP contribution in [0, 0.1) is 13.8 Å². The standard InChI is InChI=1S/C17H19NO2S/c1-12-7-8-13(2)16(9-12)21-11-17(20)18-15-6-4-3-5-14(15)10-19/h3-9,19H,10-11H2,1-2H3,(H,18,20). The number of benzene rings is 2. The Morgan fingerprint density at radius 2 is 1.95 bits per heavy atom. The van der Waals surface area contributed by atoms with Gasteiger partial charge in [-0.2, -0.15) is 0 Å². The number of thioether (sulfide) groups is 1. The van der Waals surface area contributed by atoms with Crippen molar-refractivity contribution in [3.05, 3.63) is 59.2 Å². The average Bonchev–Trinajstić information content (AvgIpc) is 2.49. The smallest absolute Gasteiger partial charge is 0.234 e. The summed E-state index contributed by atoms with van der Waals surface area (Å²) in [6.45, 7) is 4.00. The third kappa shape index (κ3) is 4.34. The molecule has 0 spiro atoms. The Kier molecular flexibility index (Phi) is 5.42. The van der Waals surface area contributed by atoms with Gasteiger partial charge in [-0.25, -0.2) is 0 Å². The molecule has 3 nitrogen and oxygen atoms in total. The number of carbonyl (C=O) groups is 1. The van der Waals surface area contributed by atoms with E-state index in [1.807, 2.05) is 26.0 Å². The lowest BCUT2D eigenvalue weighted by Crippen LogP contribution is -2.15. The molecular formula is C17H19NO2S. The lowest BCUT2D eigenvalue weighted by atomic mass is 10.2. The number of aliphatic hydroxyl groups is 1. The van der Waals surface area contributed by atoms with E-state index in [1.165, 1.54) is 22.9 Å². The van der Waals surface area contributed by atoms with E-state index in [0.717, 1.165) is 10.5 Å². The van der Waals surface area contributed by atoms with Crippen LogP contribution in [0.1, 0.15) is 16.7 Å². The summed E-state index contributed by atoms with van der Waals surface area (Å²) < 4.78 is 0. The molecule has 21 heavy (non-hydrogen) atoms. The van der Waals surface area contributed by atoms with Gasteiger partial charge in [0.15, 0.2) is 0 Å². The van der Waals surface area contributed by atoms with Gasteiger partial charge in [0, 0.05) is 16.1 Å². The Morgan fingerprint density at radius 3 is 2.71 bits per heavy atom. The number of nitrogens with one attached hydrogen (secondary N) is 1. The third-order valence-electron chi connectivity index (χ3n) is 3.16. The highest BCUT2D eigenvalue weighted by Gasteiger charge is 2.08. The molecule has 0 aliphatic heterocycles. The normalized spacial score (nSPS) is 10.4. The topological polar surface area (TPSA) is 49.3 Å². The van der Waals surface area contributed by atoms with Crippen molar-refractivity contribution in [2.24, 2.45) is 0 Å². The highest BCUT2D eigenvalue weighted by atomic mass is 32.2. The number of hydrogen-bond acceptors (Lipinski definition) is 3. The summed E-state index contributed by atoms with van der Waals surface area (Å²) in [5.41, 5.74) is 3.76. The fourth-order valence-electron chi connectivity index (χ4n) is 1.97.